The van der Waals surface area contributed by atoms with E-state index in [1.807, 2.05) is 18.7 Å². The Morgan fingerprint density at radius 2 is 2.17 bits per heavy atom. The number of nitrogens with one attached hydrogen (secondary N) is 1. The van der Waals surface area contributed by atoms with Gasteiger partial charge in [-0.1, -0.05) is 0 Å². The first kappa shape index (κ1) is 16.6. The van der Waals surface area contributed by atoms with E-state index in [1.165, 1.54) is 0 Å². The number of methoxy groups -OCH3 is 1. The number of carbonyl (C=O) groups excluding carboxylic acids is 1. The highest BCUT2D eigenvalue weighted by Crippen LogP contribution is 2.28. The molecule has 7 heteroatoms. The topological polar surface area (TPSA) is 84.0 Å². The fourth-order valence-corrected chi connectivity index (χ4v) is 3.34. The van der Waals surface area contributed by atoms with Gasteiger partial charge in [-0.2, -0.15) is 5.10 Å². The van der Waals surface area contributed by atoms with Gasteiger partial charge >= 0.3 is 0 Å². The van der Waals surface area contributed by atoms with Gasteiger partial charge < -0.3 is 9.64 Å². The quantitative estimate of drug-likeness (QED) is 0.899. The summed E-state index contributed by atoms with van der Waals surface area (Å²) in [7, 11) is 1.55. The number of hydrogen-bond donors (Lipinski definition) is 1. The third-order valence-electron chi connectivity index (χ3n) is 4.53. The first-order valence-corrected chi connectivity index (χ1v) is 8.18. The molecule has 2 aromatic rings. The molecule has 1 amide bonds. The van der Waals surface area contributed by atoms with Gasteiger partial charge in [0.2, 0.25) is 5.91 Å². The van der Waals surface area contributed by atoms with Crippen LogP contribution in [0.5, 0.6) is 0 Å². The summed E-state index contributed by atoms with van der Waals surface area (Å²) in [4.78, 5) is 22.9. The molecule has 0 saturated carbocycles. The van der Waals surface area contributed by atoms with Gasteiger partial charge in [0, 0.05) is 43.9 Å². The number of aromatic nitrogens is 4. The molecule has 1 N–H and O–H groups in total. The zero-order chi connectivity index (χ0) is 17.1. The summed E-state index contributed by atoms with van der Waals surface area (Å²) in [6.07, 6.45) is 5.24. The number of aryl methyl sites for hydroxylation is 2. The van der Waals surface area contributed by atoms with Crippen molar-refractivity contribution in [2.24, 2.45) is 5.92 Å². The van der Waals surface area contributed by atoms with Crippen molar-refractivity contribution in [1.82, 2.24) is 25.1 Å². The lowest BCUT2D eigenvalue weighted by molar-refractivity contribution is -0.134. The lowest BCUT2D eigenvalue weighted by Crippen LogP contribution is -2.31. The van der Waals surface area contributed by atoms with E-state index in [2.05, 4.69) is 20.2 Å². The Kier molecular flexibility index (Phi) is 4.89. The molecule has 0 aromatic carbocycles. The average Bonchev–Trinajstić information content (AvgIpc) is 3.16. The Hall–Kier alpha value is -2.28. The van der Waals surface area contributed by atoms with Crippen LogP contribution in [0.4, 0.5) is 0 Å². The van der Waals surface area contributed by atoms with E-state index in [0.29, 0.717) is 5.92 Å². The first-order chi connectivity index (χ1) is 11.6. The van der Waals surface area contributed by atoms with E-state index < -0.39 is 0 Å². The van der Waals surface area contributed by atoms with Crippen LogP contribution in [-0.2, 0) is 16.0 Å². The van der Waals surface area contributed by atoms with Crippen molar-refractivity contribution >= 4 is 5.91 Å². The number of nitrogens with zero attached hydrogens (tertiary/aromatic N) is 4. The average molecular weight is 329 g/mol. The van der Waals surface area contributed by atoms with Crippen LogP contribution >= 0.6 is 0 Å². The van der Waals surface area contributed by atoms with E-state index in [9.17, 15) is 4.79 Å². The number of ether oxygens (including phenoxy) is 1. The van der Waals surface area contributed by atoms with E-state index in [1.54, 1.807) is 19.5 Å². The molecule has 24 heavy (non-hydrogen) atoms. The van der Waals surface area contributed by atoms with Crippen molar-refractivity contribution in [2.45, 2.75) is 26.7 Å². The minimum absolute atomic E-state index is 0.0564. The number of carbonyl (C=O) groups is 1. The van der Waals surface area contributed by atoms with Gasteiger partial charge in [-0.3, -0.25) is 19.9 Å². The Morgan fingerprint density at radius 1 is 1.38 bits per heavy atom. The lowest BCUT2D eigenvalue weighted by Gasteiger charge is -2.16. The highest BCUT2D eigenvalue weighted by atomic mass is 16.5. The highest BCUT2D eigenvalue weighted by molar-refractivity contribution is 5.77. The number of aromatic amines is 1. The van der Waals surface area contributed by atoms with Crippen molar-refractivity contribution in [2.75, 3.05) is 26.8 Å². The zero-order valence-electron chi connectivity index (χ0n) is 14.4. The highest BCUT2D eigenvalue weighted by Gasteiger charge is 2.28. The van der Waals surface area contributed by atoms with Crippen LogP contribution in [0.15, 0.2) is 12.4 Å². The molecule has 2 aromatic heterocycles. The number of hydrogen-bond acceptors (Lipinski definition) is 5. The summed E-state index contributed by atoms with van der Waals surface area (Å²) in [5, 5.41) is 7.27. The summed E-state index contributed by atoms with van der Waals surface area (Å²) in [5.74, 6) is 0.453. The van der Waals surface area contributed by atoms with Crippen LogP contribution in [0.1, 0.15) is 23.5 Å². The maximum absolute atomic E-state index is 11.9. The molecule has 0 aliphatic carbocycles. The standard InChI is InChI=1S/C17H23N5O2/c1-11-16(12(2)21-20-11)17-14(18-5-6-19-17)8-13-4-7-22(9-13)15(23)10-24-3/h5-6,13H,4,7-10H2,1-3H3,(H,20,21)/t13-/m0/s1. The van der Waals surface area contributed by atoms with E-state index in [4.69, 9.17) is 4.74 Å². The molecule has 1 aliphatic rings. The monoisotopic (exact) mass is 329 g/mol. The van der Waals surface area contributed by atoms with Crippen LogP contribution in [0.2, 0.25) is 0 Å². The smallest absolute Gasteiger partial charge is 0.248 e. The molecule has 3 rings (SSSR count). The molecule has 0 spiro atoms. The molecule has 1 atom stereocenters. The van der Waals surface area contributed by atoms with E-state index >= 15 is 0 Å². The van der Waals surface area contributed by atoms with E-state index in [0.717, 1.165) is 54.3 Å². The van der Waals surface area contributed by atoms with Crippen molar-refractivity contribution in [3.05, 3.63) is 29.5 Å². The van der Waals surface area contributed by atoms with Crippen LogP contribution < -0.4 is 0 Å². The Balaban J connectivity index is 1.77. The van der Waals surface area contributed by atoms with Crippen molar-refractivity contribution < 1.29 is 9.53 Å². The summed E-state index contributed by atoms with van der Waals surface area (Å²) >= 11 is 0. The van der Waals surface area contributed by atoms with Crippen LogP contribution in [0.3, 0.4) is 0 Å². The Morgan fingerprint density at radius 3 is 2.88 bits per heavy atom. The summed E-state index contributed by atoms with van der Waals surface area (Å²) in [5.41, 5.74) is 4.82. The van der Waals surface area contributed by atoms with Gasteiger partial charge in [0.25, 0.3) is 0 Å². The third-order valence-corrected chi connectivity index (χ3v) is 4.53. The van der Waals surface area contributed by atoms with Gasteiger partial charge in [0.15, 0.2) is 0 Å². The summed E-state index contributed by atoms with van der Waals surface area (Å²) in [6, 6.07) is 0. The summed E-state index contributed by atoms with van der Waals surface area (Å²) < 4.78 is 4.94. The molecular weight excluding hydrogens is 306 g/mol. The second kappa shape index (κ2) is 7.09. The van der Waals surface area contributed by atoms with E-state index in [-0.39, 0.29) is 12.5 Å². The Labute approximate surface area is 141 Å². The molecule has 1 aliphatic heterocycles. The molecule has 1 fully saturated rings. The number of rotatable bonds is 5. The summed E-state index contributed by atoms with van der Waals surface area (Å²) in [6.45, 7) is 5.65. The fourth-order valence-electron chi connectivity index (χ4n) is 3.34. The number of likely N-dealkylation sites (tertiary alicyclic amines) is 1. The SMILES string of the molecule is COCC(=O)N1CC[C@@H](Cc2nccnc2-c2c(C)n[nH]c2C)C1. The molecule has 3 heterocycles. The lowest BCUT2D eigenvalue weighted by atomic mass is 9.98. The zero-order valence-corrected chi connectivity index (χ0v) is 14.4. The number of amides is 1. The normalized spacial score (nSPS) is 17.5. The van der Waals surface area contributed by atoms with Gasteiger partial charge in [-0.25, -0.2) is 0 Å². The second-order valence-corrected chi connectivity index (χ2v) is 6.29. The maximum atomic E-state index is 11.9. The molecule has 7 nitrogen and oxygen atoms in total. The predicted molar refractivity (Wildman–Crippen MR) is 89.4 cm³/mol. The first-order valence-electron chi connectivity index (χ1n) is 8.18. The largest absolute Gasteiger partial charge is 0.375 e. The molecule has 0 unspecified atom stereocenters. The Bertz CT molecular complexity index is 708. The van der Waals surface area contributed by atoms with Crippen molar-refractivity contribution in [1.29, 1.82) is 0 Å². The molecule has 1 saturated heterocycles. The molecule has 128 valence electrons. The van der Waals surface area contributed by atoms with Gasteiger partial charge in [-0.15, -0.1) is 0 Å². The predicted octanol–water partition coefficient (Wildman–Crippen LogP) is 1.52. The van der Waals surface area contributed by atoms with Crippen molar-refractivity contribution in [3.8, 4) is 11.3 Å². The van der Waals surface area contributed by atoms with Gasteiger partial charge in [0.1, 0.15) is 6.61 Å². The maximum Gasteiger partial charge on any atom is 0.248 e. The number of H-pyrrole nitrogens is 1. The second-order valence-electron chi connectivity index (χ2n) is 6.29. The minimum Gasteiger partial charge on any atom is -0.375 e. The third kappa shape index (κ3) is 3.31. The fraction of sp³-hybridized carbons (Fsp3) is 0.529. The molecule has 0 radical (unpaired) electrons. The van der Waals surface area contributed by atoms with Gasteiger partial charge in [0.05, 0.1) is 17.1 Å². The van der Waals surface area contributed by atoms with Crippen LogP contribution in [-0.4, -0.2) is 57.8 Å². The van der Waals surface area contributed by atoms with Crippen LogP contribution in [0.25, 0.3) is 11.3 Å². The van der Waals surface area contributed by atoms with Crippen LogP contribution in [0, 0.1) is 19.8 Å². The molecule has 0 bridgehead atoms. The van der Waals surface area contributed by atoms with Gasteiger partial charge in [-0.05, 0) is 32.6 Å². The van der Waals surface area contributed by atoms with Crippen molar-refractivity contribution in [3.63, 3.8) is 0 Å². The minimum atomic E-state index is 0.0564. The molecular formula is C17H23N5O2.